The Kier molecular flexibility index (Phi) is 5.56. The lowest BCUT2D eigenvalue weighted by molar-refractivity contribution is -0.503. The molecule has 1 aromatic rings. The first-order valence-electron chi connectivity index (χ1n) is 9.87. The molecule has 0 saturated carbocycles. The quantitative estimate of drug-likeness (QED) is 0.345. The molecule has 29 heavy (non-hydrogen) atoms. The zero-order chi connectivity index (χ0) is 20.8. The second kappa shape index (κ2) is 7.72. The molecule has 0 N–H and O–H groups in total. The smallest absolute Gasteiger partial charge is 0.418 e. The lowest BCUT2D eigenvalue weighted by atomic mass is 9.80. The Hall–Kier alpha value is -1.36. The number of thioether (sulfide) groups is 1. The van der Waals surface area contributed by atoms with Crippen molar-refractivity contribution >= 4 is 52.4 Å². The molecular weight excluding hydrogens is 423 g/mol. The minimum Gasteiger partial charge on any atom is -0.418 e. The third-order valence-corrected chi connectivity index (χ3v) is 7.61. The SMILES string of the molecule is CC1(C)C2=NC(=[N+]3CCCC3)SC2=Cc2sc(N3CCCC3)nc21.F[B-](F)(F)F. The third-order valence-electron chi connectivity index (χ3n) is 5.48. The van der Waals surface area contributed by atoms with Gasteiger partial charge in [-0.3, -0.25) is 4.58 Å². The van der Waals surface area contributed by atoms with Crippen molar-refractivity contribution in [2.45, 2.75) is 44.9 Å². The zero-order valence-electron chi connectivity index (χ0n) is 16.4. The minimum atomic E-state index is -6.00. The molecule has 0 spiro atoms. The number of aromatic nitrogens is 1. The fourth-order valence-electron chi connectivity index (χ4n) is 4.05. The largest absolute Gasteiger partial charge is 0.673 e. The maximum atomic E-state index is 9.75. The average Bonchev–Trinajstić information content (AvgIpc) is 3.39. The number of fused-ring (bicyclic) bond motifs is 2. The molecule has 2 saturated heterocycles. The highest BCUT2D eigenvalue weighted by atomic mass is 32.2. The van der Waals surface area contributed by atoms with Crippen LogP contribution >= 0.6 is 23.1 Å². The van der Waals surface area contributed by atoms with E-state index >= 15 is 0 Å². The van der Waals surface area contributed by atoms with Gasteiger partial charge in [0.2, 0.25) is 0 Å². The Morgan fingerprint density at radius 1 is 1.07 bits per heavy atom. The van der Waals surface area contributed by atoms with Crippen molar-refractivity contribution in [3.05, 3.63) is 15.5 Å². The lowest BCUT2D eigenvalue weighted by Crippen LogP contribution is -2.32. The fourth-order valence-corrected chi connectivity index (χ4v) is 6.56. The molecule has 0 aromatic carbocycles. The summed E-state index contributed by atoms with van der Waals surface area (Å²) in [5.41, 5.74) is 2.35. The van der Waals surface area contributed by atoms with Crippen LogP contribution in [0.5, 0.6) is 0 Å². The molecule has 4 aliphatic rings. The number of anilines is 1. The maximum absolute atomic E-state index is 9.75. The molecule has 4 nitrogen and oxygen atoms in total. The molecule has 158 valence electrons. The summed E-state index contributed by atoms with van der Waals surface area (Å²) in [4.78, 5) is 15.2. The van der Waals surface area contributed by atoms with Gasteiger partial charge >= 0.3 is 12.4 Å². The van der Waals surface area contributed by atoms with Crippen LogP contribution in [0.3, 0.4) is 0 Å². The molecule has 0 radical (unpaired) electrons. The monoisotopic (exact) mass is 446 g/mol. The predicted molar refractivity (Wildman–Crippen MR) is 114 cm³/mol. The Morgan fingerprint density at radius 2 is 1.69 bits per heavy atom. The Bertz CT molecular complexity index is 884. The van der Waals surface area contributed by atoms with Crippen LogP contribution in [0.15, 0.2) is 9.90 Å². The van der Waals surface area contributed by atoms with E-state index in [0.29, 0.717) is 0 Å². The first kappa shape index (κ1) is 20.9. The van der Waals surface area contributed by atoms with Gasteiger partial charge in [0, 0.05) is 24.9 Å². The summed E-state index contributed by atoms with van der Waals surface area (Å²) in [7, 11) is -6.00. The Balaban J connectivity index is 0.000000369. The van der Waals surface area contributed by atoms with Gasteiger partial charge in [0.05, 0.1) is 34.0 Å². The van der Waals surface area contributed by atoms with Crippen LogP contribution in [0.25, 0.3) is 6.08 Å². The van der Waals surface area contributed by atoms with Crippen molar-refractivity contribution in [3.63, 3.8) is 0 Å². The van der Waals surface area contributed by atoms with E-state index in [1.165, 1.54) is 57.2 Å². The van der Waals surface area contributed by atoms with Crippen molar-refractivity contribution in [1.29, 1.82) is 0 Å². The molecular formula is C18H23BF4N4S2. The van der Waals surface area contributed by atoms with Gasteiger partial charge in [-0.1, -0.05) is 11.3 Å². The van der Waals surface area contributed by atoms with Crippen LogP contribution in [-0.4, -0.2) is 53.9 Å². The highest BCUT2D eigenvalue weighted by Crippen LogP contribution is 2.47. The Morgan fingerprint density at radius 3 is 2.31 bits per heavy atom. The van der Waals surface area contributed by atoms with Crippen molar-refractivity contribution in [1.82, 2.24) is 4.98 Å². The second-order valence-corrected chi connectivity index (χ2v) is 10.1. The number of hydrogen-bond acceptors (Lipinski definition) is 4. The van der Waals surface area contributed by atoms with Gasteiger partial charge < -0.3 is 22.2 Å². The second-order valence-electron chi connectivity index (χ2n) is 8.07. The van der Waals surface area contributed by atoms with Gasteiger partial charge in [-0.15, -0.1) is 0 Å². The van der Waals surface area contributed by atoms with E-state index in [0.717, 1.165) is 26.2 Å². The highest BCUT2D eigenvalue weighted by Gasteiger charge is 2.47. The number of halogens is 4. The minimum absolute atomic E-state index is 0.0949. The van der Waals surface area contributed by atoms with Crippen LogP contribution < -0.4 is 4.90 Å². The van der Waals surface area contributed by atoms with E-state index < -0.39 is 7.25 Å². The van der Waals surface area contributed by atoms with Gasteiger partial charge in [0.15, 0.2) is 10.8 Å². The number of rotatable bonds is 1. The Labute approximate surface area is 175 Å². The van der Waals surface area contributed by atoms with Crippen LogP contribution in [0.2, 0.25) is 0 Å². The third kappa shape index (κ3) is 4.40. The van der Waals surface area contributed by atoms with Gasteiger partial charge in [0.25, 0.3) is 0 Å². The highest BCUT2D eigenvalue weighted by molar-refractivity contribution is 8.18. The first-order valence-corrected chi connectivity index (χ1v) is 11.5. The van der Waals surface area contributed by atoms with E-state index in [1.54, 1.807) is 0 Å². The summed E-state index contributed by atoms with van der Waals surface area (Å²) >= 11 is 3.73. The van der Waals surface area contributed by atoms with E-state index in [9.17, 15) is 17.3 Å². The van der Waals surface area contributed by atoms with Crippen molar-refractivity contribution in [2.75, 3.05) is 31.1 Å². The molecule has 4 heterocycles. The van der Waals surface area contributed by atoms with Gasteiger partial charge in [-0.2, -0.15) is 0 Å². The number of allylic oxidation sites excluding steroid dienone is 1. The maximum Gasteiger partial charge on any atom is 0.673 e. The molecule has 0 bridgehead atoms. The van der Waals surface area contributed by atoms with Crippen molar-refractivity contribution in [3.8, 4) is 0 Å². The van der Waals surface area contributed by atoms with E-state index in [-0.39, 0.29) is 5.41 Å². The molecule has 5 rings (SSSR count). The average molecular weight is 446 g/mol. The predicted octanol–water partition coefficient (Wildman–Crippen LogP) is 5.03. The molecule has 1 aliphatic carbocycles. The molecule has 2 fully saturated rings. The van der Waals surface area contributed by atoms with Crippen molar-refractivity contribution < 1.29 is 21.8 Å². The summed E-state index contributed by atoms with van der Waals surface area (Å²) in [6, 6.07) is 0. The van der Waals surface area contributed by atoms with Gasteiger partial charge in [0.1, 0.15) is 0 Å². The number of nitrogens with zero attached hydrogens (tertiary/aromatic N) is 4. The zero-order valence-corrected chi connectivity index (χ0v) is 18.1. The summed E-state index contributed by atoms with van der Waals surface area (Å²) in [6.45, 7) is 9.22. The van der Waals surface area contributed by atoms with Gasteiger partial charge in [-0.25, -0.2) is 4.98 Å². The normalized spacial score (nSPS) is 22.8. The van der Waals surface area contributed by atoms with E-state index in [2.05, 4.69) is 29.4 Å². The fraction of sp³-hybridized carbons (Fsp3) is 0.611. The number of thiazole rings is 1. The first-order chi connectivity index (χ1) is 13.6. The van der Waals surface area contributed by atoms with Crippen LogP contribution in [0, 0.1) is 0 Å². The number of hydrogen-bond donors (Lipinski definition) is 0. The molecule has 0 amide bonds. The summed E-state index contributed by atoms with van der Waals surface area (Å²) in [6.07, 6.45) is 7.53. The van der Waals surface area contributed by atoms with Gasteiger partial charge in [-0.05, 0) is 50.6 Å². The summed E-state index contributed by atoms with van der Waals surface area (Å²) in [5, 5.41) is 2.41. The number of aliphatic imine (C=N–C) groups is 1. The molecule has 11 heteroatoms. The molecule has 0 unspecified atom stereocenters. The van der Waals surface area contributed by atoms with E-state index in [4.69, 9.17) is 9.98 Å². The van der Waals surface area contributed by atoms with Crippen LogP contribution in [0.4, 0.5) is 22.4 Å². The molecule has 3 aliphatic heterocycles. The standard InChI is InChI=1S/C18H23N4S2.BF4/c1-18(2)14-12(23-16(19-14)21-7-3-4-8-21)11-13-15(18)20-17(24-13)22-9-5-6-10-22;2-1(3,4)5/h11H,3-10H2,1-2H3;/q+1;-1. The summed E-state index contributed by atoms with van der Waals surface area (Å²) in [5.74, 6) is 0. The number of amidine groups is 1. The topological polar surface area (TPSA) is 31.5 Å². The lowest BCUT2D eigenvalue weighted by Gasteiger charge is -2.24. The van der Waals surface area contributed by atoms with E-state index in [1.807, 2.05) is 23.1 Å². The van der Waals surface area contributed by atoms with Crippen LogP contribution in [-0.2, 0) is 5.41 Å². The van der Waals surface area contributed by atoms with Crippen molar-refractivity contribution in [2.24, 2.45) is 4.99 Å². The molecule has 1 aromatic heterocycles. The summed E-state index contributed by atoms with van der Waals surface area (Å²) < 4.78 is 41.4. The van der Waals surface area contributed by atoms with Crippen LogP contribution in [0.1, 0.15) is 50.1 Å². The molecule has 0 atom stereocenters.